The van der Waals surface area contributed by atoms with Gasteiger partial charge in [-0.05, 0) is 24.1 Å². The third-order valence-electron chi connectivity index (χ3n) is 3.03. The zero-order valence-electron chi connectivity index (χ0n) is 10.4. The summed E-state index contributed by atoms with van der Waals surface area (Å²) in [6.45, 7) is 2.33. The minimum atomic E-state index is 0.0760. The number of halogens is 1. The van der Waals surface area contributed by atoms with Crippen LogP contribution in [0.5, 0.6) is 0 Å². The number of nitrogens with one attached hydrogen (secondary N) is 1. The Morgan fingerprint density at radius 3 is 3.17 bits per heavy atom. The fraction of sp³-hybridized carbons (Fsp3) is 0.462. The highest BCUT2D eigenvalue weighted by Crippen LogP contribution is 2.33. The Balaban J connectivity index is 1.96. The van der Waals surface area contributed by atoms with Crippen LogP contribution in [0.2, 0.25) is 5.02 Å². The van der Waals surface area contributed by atoms with Gasteiger partial charge in [0.05, 0.1) is 13.2 Å². The summed E-state index contributed by atoms with van der Waals surface area (Å²) in [5.41, 5.74) is 2.02. The summed E-state index contributed by atoms with van der Waals surface area (Å²) in [5, 5.41) is 3.80. The van der Waals surface area contributed by atoms with Crippen molar-refractivity contribution in [2.75, 3.05) is 38.3 Å². The predicted octanol–water partition coefficient (Wildman–Crippen LogP) is 1.47. The largest absolute Gasteiger partial charge is 0.383 e. The van der Waals surface area contributed by atoms with Crippen LogP contribution in [0, 0.1) is 0 Å². The van der Waals surface area contributed by atoms with Gasteiger partial charge in [0.1, 0.15) is 0 Å². The number of carbonyl (C=O) groups excluding carboxylic acids is 1. The third-order valence-corrected chi connectivity index (χ3v) is 3.38. The standard InChI is InChI=1S/C13H17ClN2O2/c1-18-8-6-15-9-13(17)16-7-5-10-11(14)3-2-4-12(10)16/h2-4,15H,5-9H2,1H3. The molecule has 0 aromatic heterocycles. The van der Waals surface area contributed by atoms with Gasteiger partial charge in [-0.3, -0.25) is 4.79 Å². The fourth-order valence-corrected chi connectivity index (χ4v) is 2.38. The van der Waals surface area contributed by atoms with Crippen molar-refractivity contribution in [3.63, 3.8) is 0 Å². The molecular formula is C13H17ClN2O2. The fourth-order valence-electron chi connectivity index (χ4n) is 2.12. The molecule has 18 heavy (non-hydrogen) atoms. The van der Waals surface area contributed by atoms with E-state index < -0.39 is 0 Å². The molecular weight excluding hydrogens is 252 g/mol. The summed E-state index contributed by atoms with van der Waals surface area (Å²) in [6.07, 6.45) is 0.832. The highest BCUT2D eigenvalue weighted by Gasteiger charge is 2.25. The molecule has 0 aliphatic carbocycles. The number of amides is 1. The number of nitrogens with zero attached hydrogens (tertiary/aromatic N) is 1. The first kappa shape index (κ1) is 13.3. The molecule has 0 saturated heterocycles. The molecule has 1 amide bonds. The Morgan fingerprint density at radius 1 is 1.56 bits per heavy atom. The summed E-state index contributed by atoms with van der Waals surface area (Å²) in [4.78, 5) is 13.9. The Kier molecular flexibility index (Phi) is 4.58. The van der Waals surface area contributed by atoms with Crippen LogP contribution in [0.25, 0.3) is 0 Å². The number of rotatable bonds is 5. The number of carbonyl (C=O) groups is 1. The first-order chi connectivity index (χ1) is 8.74. The normalized spacial score (nSPS) is 13.8. The van der Waals surface area contributed by atoms with Crippen LogP contribution in [0.3, 0.4) is 0 Å². The van der Waals surface area contributed by atoms with Crippen LogP contribution in [0.1, 0.15) is 5.56 Å². The van der Waals surface area contributed by atoms with Crippen molar-refractivity contribution in [1.82, 2.24) is 5.32 Å². The summed E-state index contributed by atoms with van der Waals surface area (Å²) in [5.74, 6) is 0.0760. The van der Waals surface area contributed by atoms with Gasteiger partial charge in [0.25, 0.3) is 0 Å². The zero-order valence-corrected chi connectivity index (χ0v) is 11.2. The number of anilines is 1. The van der Waals surface area contributed by atoms with E-state index in [-0.39, 0.29) is 5.91 Å². The van der Waals surface area contributed by atoms with Crippen molar-refractivity contribution < 1.29 is 9.53 Å². The minimum Gasteiger partial charge on any atom is -0.383 e. The Bertz CT molecular complexity index is 437. The molecule has 2 rings (SSSR count). The molecule has 0 saturated carbocycles. The highest BCUT2D eigenvalue weighted by atomic mass is 35.5. The molecule has 0 spiro atoms. The maximum atomic E-state index is 12.1. The molecule has 5 heteroatoms. The first-order valence-corrected chi connectivity index (χ1v) is 6.39. The summed E-state index contributed by atoms with van der Waals surface area (Å²) >= 11 is 6.12. The first-order valence-electron chi connectivity index (χ1n) is 6.01. The van der Waals surface area contributed by atoms with E-state index >= 15 is 0 Å². The van der Waals surface area contributed by atoms with E-state index in [0.717, 1.165) is 22.7 Å². The van der Waals surface area contributed by atoms with Gasteiger partial charge in [-0.1, -0.05) is 17.7 Å². The molecule has 1 aromatic carbocycles. The third kappa shape index (κ3) is 2.83. The van der Waals surface area contributed by atoms with Crippen molar-refractivity contribution in [2.24, 2.45) is 0 Å². The Hall–Kier alpha value is -1.10. The number of methoxy groups -OCH3 is 1. The molecule has 0 radical (unpaired) electrons. The van der Waals surface area contributed by atoms with Crippen LogP contribution >= 0.6 is 11.6 Å². The second-order valence-electron chi connectivity index (χ2n) is 4.20. The second kappa shape index (κ2) is 6.18. The number of fused-ring (bicyclic) bond motifs is 1. The molecule has 0 atom stereocenters. The van der Waals surface area contributed by atoms with E-state index in [1.54, 1.807) is 12.0 Å². The van der Waals surface area contributed by atoms with E-state index in [1.165, 1.54) is 0 Å². The van der Waals surface area contributed by atoms with Gasteiger partial charge >= 0.3 is 0 Å². The number of ether oxygens (including phenoxy) is 1. The van der Waals surface area contributed by atoms with Crippen LogP contribution in [-0.2, 0) is 16.0 Å². The van der Waals surface area contributed by atoms with Crippen molar-refractivity contribution in [3.8, 4) is 0 Å². The van der Waals surface area contributed by atoms with Gasteiger partial charge in [0.15, 0.2) is 0 Å². The Labute approximate surface area is 112 Å². The Morgan fingerprint density at radius 2 is 2.39 bits per heavy atom. The highest BCUT2D eigenvalue weighted by molar-refractivity contribution is 6.32. The average Bonchev–Trinajstić information content (AvgIpc) is 2.80. The van der Waals surface area contributed by atoms with E-state index in [1.807, 2.05) is 18.2 Å². The predicted molar refractivity (Wildman–Crippen MR) is 72.3 cm³/mol. The number of hydrogen-bond donors (Lipinski definition) is 1. The maximum Gasteiger partial charge on any atom is 0.240 e. The van der Waals surface area contributed by atoms with Crippen LogP contribution in [0.15, 0.2) is 18.2 Å². The number of benzene rings is 1. The zero-order chi connectivity index (χ0) is 13.0. The van der Waals surface area contributed by atoms with Gasteiger partial charge < -0.3 is 15.0 Å². The van der Waals surface area contributed by atoms with Crippen LogP contribution in [0.4, 0.5) is 5.69 Å². The quantitative estimate of drug-likeness (QED) is 0.823. The van der Waals surface area contributed by atoms with Gasteiger partial charge in [-0.15, -0.1) is 0 Å². The lowest BCUT2D eigenvalue weighted by atomic mass is 10.2. The van der Waals surface area contributed by atoms with E-state index in [4.69, 9.17) is 16.3 Å². The maximum absolute atomic E-state index is 12.1. The van der Waals surface area contributed by atoms with E-state index in [2.05, 4.69) is 5.32 Å². The SMILES string of the molecule is COCCNCC(=O)N1CCc2c(Cl)cccc21. The molecule has 1 heterocycles. The smallest absolute Gasteiger partial charge is 0.240 e. The summed E-state index contributed by atoms with van der Waals surface area (Å²) in [7, 11) is 1.64. The lowest BCUT2D eigenvalue weighted by molar-refractivity contribution is -0.117. The second-order valence-corrected chi connectivity index (χ2v) is 4.61. The van der Waals surface area contributed by atoms with Gasteiger partial charge in [-0.2, -0.15) is 0 Å². The van der Waals surface area contributed by atoms with Crippen LogP contribution < -0.4 is 10.2 Å². The molecule has 0 fully saturated rings. The van der Waals surface area contributed by atoms with E-state index in [0.29, 0.717) is 26.2 Å². The molecule has 1 aliphatic rings. The van der Waals surface area contributed by atoms with Gasteiger partial charge in [0, 0.05) is 30.9 Å². The molecule has 1 aliphatic heterocycles. The molecule has 1 aromatic rings. The van der Waals surface area contributed by atoms with Crippen LogP contribution in [-0.4, -0.2) is 39.3 Å². The average molecular weight is 269 g/mol. The van der Waals surface area contributed by atoms with Gasteiger partial charge in [0.2, 0.25) is 5.91 Å². The molecule has 4 nitrogen and oxygen atoms in total. The van der Waals surface area contributed by atoms with Crippen molar-refractivity contribution in [3.05, 3.63) is 28.8 Å². The van der Waals surface area contributed by atoms with E-state index in [9.17, 15) is 4.79 Å². The van der Waals surface area contributed by atoms with Crippen molar-refractivity contribution >= 4 is 23.2 Å². The van der Waals surface area contributed by atoms with Crippen molar-refractivity contribution in [1.29, 1.82) is 0 Å². The monoisotopic (exact) mass is 268 g/mol. The summed E-state index contributed by atoms with van der Waals surface area (Å²) in [6, 6.07) is 5.69. The summed E-state index contributed by atoms with van der Waals surface area (Å²) < 4.78 is 4.92. The molecule has 1 N–H and O–H groups in total. The topological polar surface area (TPSA) is 41.6 Å². The molecule has 0 bridgehead atoms. The lowest BCUT2D eigenvalue weighted by Gasteiger charge is -2.17. The number of hydrogen-bond acceptors (Lipinski definition) is 3. The molecule has 0 unspecified atom stereocenters. The van der Waals surface area contributed by atoms with Gasteiger partial charge in [-0.25, -0.2) is 0 Å². The van der Waals surface area contributed by atoms with Crippen molar-refractivity contribution in [2.45, 2.75) is 6.42 Å². The lowest BCUT2D eigenvalue weighted by Crippen LogP contribution is -2.38. The minimum absolute atomic E-state index is 0.0760. The molecule has 98 valence electrons.